The molecule has 0 radical (unpaired) electrons. The summed E-state index contributed by atoms with van der Waals surface area (Å²) in [6.45, 7) is 3.68. The van der Waals surface area contributed by atoms with Gasteiger partial charge in [-0.1, -0.05) is 62.7 Å². The van der Waals surface area contributed by atoms with E-state index in [-0.39, 0.29) is 36.6 Å². The third-order valence-electron chi connectivity index (χ3n) is 8.18. The highest BCUT2D eigenvalue weighted by Crippen LogP contribution is 2.42. The third-order valence-corrected chi connectivity index (χ3v) is 9.92. The van der Waals surface area contributed by atoms with Crippen LogP contribution in [0.1, 0.15) is 68.6 Å². The minimum atomic E-state index is -4.67. The normalized spacial score (nSPS) is 17.9. The molecule has 8 nitrogen and oxygen atoms in total. The quantitative estimate of drug-likeness (QED) is 0.180. The summed E-state index contributed by atoms with van der Waals surface area (Å²) >= 11 is 0. The number of aromatic nitrogens is 1. The molecule has 1 aliphatic rings. The Labute approximate surface area is 267 Å². The van der Waals surface area contributed by atoms with Crippen molar-refractivity contribution in [2.45, 2.75) is 75.1 Å². The Morgan fingerprint density at radius 1 is 1.07 bits per heavy atom. The van der Waals surface area contributed by atoms with Crippen molar-refractivity contribution in [3.05, 3.63) is 101 Å². The minimum absolute atomic E-state index is 0.0118. The van der Waals surface area contributed by atoms with Gasteiger partial charge in [0.1, 0.15) is 11.4 Å². The highest BCUT2D eigenvalue weighted by atomic mass is 32.2. The molecule has 1 aromatic heterocycles. The molecule has 1 aliphatic heterocycles. The molecule has 0 saturated carbocycles. The van der Waals surface area contributed by atoms with Crippen molar-refractivity contribution in [2.75, 3.05) is 24.6 Å². The van der Waals surface area contributed by atoms with E-state index in [0.29, 0.717) is 43.5 Å². The second-order valence-electron chi connectivity index (χ2n) is 11.4. The van der Waals surface area contributed by atoms with Crippen LogP contribution in [0.25, 0.3) is 0 Å². The van der Waals surface area contributed by atoms with Gasteiger partial charge in [0.15, 0.2) is 5.03 Å². The van der Waals surface area contributed by atoms with Gasteiger partial charge in [0.2, 0.25) is 0 Å². The summed E-state index contributed by atoms with van der Waals surface area (Å²) in [5, 5.41) is 10.8. The summed E-state index contributed by atoms with van der Waals surface area (Å²) in [4.78, 5) is 17.2. The first-order valence-electron chi connectivity index (χ1n) is 15.2. The van der Waals surface area contributed by atoms with Gasteiger partial charge in [-0.05, 0) is 61.1 Å². The number of sulfonamides is 1. The van der Waals surface area contributed by atoms with E-state index >= 15 is 0 Å². The number of carbonyl (C=O) groups excluding carboxylic acids is 1. The zero-order chi connectivity index (χ0) is 33.5. The molecule has 1 N–H and O–H groups in total. The standard InChI is InChI=1S/C34H39F3N2O6S/c1-4-17-33(18-16-24-10-7-6-8-11-24)22-29(40)31(32(41)45-33)28(5-2)25-12-9-13-27(21-25)39(19-20-44-3)46(42,43)30-15-14-26(23-38-30)34(35,36)37/h6-15,21,23,28,40H,4-5,16-20,22H2,1-3H3/t28-,33-/m1/s1. The van der Waals surface area contributed by atoms with Crippen LogP contribution >= 0.6 is 0 Å². The van der Waals surface area contributed by atoms with Gasteiger partial charge in [-0.2, -0.15) is 21.6 Å². The predicted molar refractivity (Wildman–Crippen MR) is 168 cm³/mol. The number of aryl methyl sites for hydroxylation is 1. The Morgan fingerprint density at radius 3 is 2.39 bits per heavy atom. The molecule has 12 heteroatoms. The van der Waals surface area contributed by atoms with E-state index in [0.717, 1.165) is 22.4 Å². The average Bonchev–Trinajstić information content (AvgIpc) is 3.02. The van der Waals surface area contributed by atoms with Crippen LogP contribution in [-0.4, -0.2) is 50.3 Å². The van der Waals surface area contributed by atoms with Crippen LogP contribution in [-0.2, 0) is 36.9 Å². The molecular weight excluding hydrogens is 621 g/mol. The number of hydrogen-bond donors (Lipinski definition) is 1. The zero-order valence-electron chi connectivity index (χ0n) is 26.1. The van der Waals surface area contributed by atoms with Gasteiger partial charge in [-0.25, -0.2) is 9.78 Å². The number of esters is 1. The zero-order valence-corrected chi connectivity index (χ0v) is 26.9. The van der Waals surface area contributed by atoms with Crippen LogP contribution in [0.15, 0.2) is 89.3 Å². The largest absolute Gasteiger partial charge is 0.512 e. The number of aliphatic hydroxyl groups excluding tert-OH is 1. The Hall–Kier alpha value is -3.90. The smallest absolute Gasteiger partial charge is 0.417 e. The van der Waals surface area contributed by atoms with E-state index in [1.807, 2.05) is 44.2 Å². The first-order chi connectivity index (χ1) is 21.8. The Balaban J connectivity index is 1.67. The molecule has 248 valence electrons. The molecule has 2 heterocycles. The van der Waals surface area contributed by atoms with Crippen LogP contribution in [0.2, 0.25) is 0 Å². The van der Waals surface area contributed by atoms with Gasteiger partial charge in [0, 0.05) is 25.6 Å². The molecule has 4 rings (SSSR count). The fraction of sp³-hybridized carbons (Fsp3) is 0.412. The minimum Gasteiger partial charge on any atom is -0.512 e. The lowest BCUT2D eigenvalue weighted by Gasteiger charge is -2.39. The number of anilines is 1. The van der Waals surface area contributed by atoms with Gasteiger partial charge in [0.25, 0.3) is 10.0 Å². The van der Waals surface area contributed by atoms with E-state index < -0.39 is 44.3 Å². The summed E-state index contributed by atoms with van der Waals surface area (Å²) in [6.07, 6.45) is -1.07. The average molecular weight is 661 g/mol. The van der Waals surface area contributed by atoms with Crippen molar-refractivity contribution in [2.24, 2.45) is 0 Å². The molecule has 0 aliphatic carbocycles. The first kappa shape index (κ1) is 35.0. The number of hydrogen-bond acceptors (Lipinski definition) is 7. The fourth-order valence-corrected chi connectivity index (χ4v) is 7.26. The first-order valence-corrected chi connectivity index (χ1v) is 16.6. The molecular formula is C34H39F3N2O6S. The number of carbonyl (C=O) groups is 1. The summed E-state index contributed by atoms with van der Waals surface area (Å²) in [5.74, 6) is -1.27. The highest BCUT2D eigenvalue weighted by Gasteiger charge is 2.43. The van der Waals surface area contributed by atoms with E-state index in [1.165, 1.54) is 13.2 Å². The van der Waals surface area contributed by atoms with Crippen LogP contribution in [0.5, 0.6) is 0 Å². The summed E-state index contributed by atoms with van der Waals surface area (Å²) < 4.78 is 78.8. The van der Waals surface area contributed by atoms with Gasteiger partial charge >= 0.3 is 12.1 Å². The second-order valence-corrected chi connectivity index (χ2v) is 13.2. The predicted octanol–water partition coefficient (Wildman–Crippen LogP) is 7.37. The summed E-state index contributed by atoms with van der Waals surface area (Å²) in [7, 11) is -3.02. The molecule has 0 unspecified atom stereocenters. The number of ether oxygens (including phenoxy) is 2. The molecule has 3 aromatic rings. The van der Waals surface area contributed by atoms with E-state index in [9.17, 15) is 31.5 Å². The number of pyridine rings is 1. The molecule has 2 aromatic carbocycles. The van der Waals surface area contributed by atoms with Crippen molar-refractivity contribution in [3.63, 3.8) is 0 Å². The van der Waals surface area contributed by atoms with Gasteiger partial charge < -0.3 is 14.6 Å². The van der Waals surface area contributed by atoms with Crippen LogP contribution in [0, 0.1) is 0 Å². The summed E-state index contributed by atoms with van der Waals surface area (Å²) in [6, 6.07) is 17.8. The lowest BCUT2D eigenvalue weighted by Crippen LogP contribution is -2.41. The molecule has 0 amide bonds. The maximum atomic E-state index is 13.7. The second kappa shape index (κ2) is 14.7. The van der Waals surface area contributed by atoms with Gasteiger partial charge in [0.05, 0.1) is 30.0 Å². The summed E-state index contributed by atoms with van der Waals surface area (Å²) in [5.41, 5.74) is 0.0617. The number of alkyl halides is 3. The van der Waals surface area contributed by atoms with Crippen LogP contribution in [0.4, 0.5) is 18.9 Å². The fourth-order valence-electron chi connectivity index (χ4n) is 5.90. The molecule has 0 fully saturated rings. The van der Waals surface area contributed by atoms with Crippen molar-refractivity contribution in [3.8, 4) is 0 Å². The lowest BCUT2D eigenvalue weighted by molar-refractivity contribution is -0.161. The Bertz CT molecular complexity index is 1630. The molecule has 46 heavy (non-hydrogen) atoms. The molecule has 0 saturated heterocycles. The molecule has 0 bridgehead atoms. The van der Waals surface area contributed by atoms with E-state index in [4.69, 9.17) is 9.47 Å². The topological polar surface area (TPSA) is 106 Å². The number of rotatable bonds is 14. The van der Waals surface area contributed by atoms with Gasteiger partial charge in [-0.3, -0.25) is 4.31 Å². The highest BCUT2D eigenvalue weighted by molar-refractivity contribution is 7.92. The number of benzene rings is 2. The molecule has 2 atom stereocenters. The third kappa shape index (κ3) is 7.90. The molecule has 0 spiro atoms. The number of methoxy groups -OCH3 is 1. The van der Waals surface area contributed by atoms with E-state index in [1.54, 1.807) is 18.2 Å². The van der Waals surface area contributed by atoms with Crippen molar-refractivity contribution < 1.29 is 41.0 Å². The van der Waals surface area contributed by atoms with Crippen LogP contribution < -0.4 is 4.31 Å². The number of nitrogens with zero attached hydrogens (tertiary/aromatic N) is 2. The Morgan fingerprint density at radius 2 is 1.80 bits per heavy atom. The lowest BCUT2D eigenvalue weighted by atomic mass is 9.80. The number of aliphatic hydroxyl groups is 1. The number of cyclic esters (lactones) is 1. The van der Waals surface area contributed by atoms with Gasteiger partial charge in [-0.15, -0.1) is 0 Å². The van der Waals surface area contributed by atoms with Crippen molar-refractivity contribution in [1.82, 2.24) is 4.98 Å². The van der Waals surface area contributed by atoms with Crippen molar-refractivity contribution in [1.29, 1.82) is 0 Å². The van der Waals surface area contributed by atoms with Crippen molar-refractivity contribution >= 4 is 21.7 Å². The maximum Gasteiger partial charge on any atom is 0.417 e. The van der Waals surface area contributed by atoms with E-state index in [2.05, 4.69) is 4.98 Å². The Kier molecular flexibility index (Phi) is 11.2. The number of halogens is 3. The monoisotopic (exact) mass is 660 g/mol. The maximum absolute atomic E-state index is 13.7. The SMILES string of the molecule is CCC[C@@]1(CCc2ccccc2)CC(O)=C([C@H](CC)c2cccc(N(CCOC)S(=O)(=O)c3ccc(C(F)(F)F)cn3)c2)C(=O)O1. The van der Waals surface area contributed by atoms with Crippen LogP contribution in [0.3, 0.4) is 0 Å².